The van der Waals surface area contributed by atoms with E-state index in [9.17, 15) is 14.9 Å². The van der Waals surface area contributed by atoms with Gasteiger partial charge in [0.15, 0.2) is 11.4 Å². The quantitative estimate of drug-likeness (QED) is 0.305. The highest BCUT2D eigenvalue weighted by Crippen LogP contribution is 2.65. The Balaban J connectivity index is 1.78. The number of carbonyl (C=O) groups excluding carboxylic acids is 1. The van der Waals surface area contributed by atoms with Crippen molar-refractivity contribution in [1.82, 2.24) is 0 Å². The first-order valence-electron chi connectivity index (χ1n) is 9.37. The van der Waals surface area contributed by atoms with Crippen molar-refractivity contribution in [1.29, 1.82) is 0 Å². The van der Waals surface area contributed by atoms with Crippen LogP contribution in [0, 0.1) is 44.1 Å². The summed E-state index contributed by atoms with van der Waals surface area (Å²) in [6.45, 7) is 4.23. The Morgan fingerprint density at radius 1 is 1.37 bits per heavy atom. The van der Waals surface area contributed by atoms with Gasteiger partial charge < -0.3 is 0 Å². The van der Waals surface area contributed by atoms with Crippen molar-refractivity contribution in [3.8, 4) is 11.3 Å². The van der Waals surface area contributed by atoms with E-state index in [-0.39, 0.29) is 17.1 Å². The van der Waals surface area contributed by atoms with Crippen LogP contribution in [0.15, 0.2) is 35.5 Å². The molecule has 0 aromatic heterocycles. The fourth-order valence-corrected chi connectivity index (χ4v) is 6.25. The zero-order valence-corrected chi connectivity index (χ0v) is 16.2. The molecule has 4 rings (SSSR count). The summed E-state index contributed by atoms with van der Waals surface area (Å²) in [4.78, 5) is 28.2. The summed E-state index contributed by atoms with van der Waals surface area (Å²) in [5.74, 6) is 3.44. The van der Waals surface area contributed by atoms with Gasteiger partial charge in [-0.15, -0.1) is 10.1 Å². The largest absolute Gasteiger partial charge is 0.296 e. The van der Waals surface area contributed by atoms with Crippen LogP contribution in [-0.4, -0.2) is 16.5 Å². The Morgan fingerprint density at radius 3 is 2.85 bits per heavy atom. The lowest BCUT2D eigenvalue weighted by atomic mass is 9.52. The lowest BCUT2D eigenvalue weighted by molar-refractivity contribution is -0.780. The van der Waals surface area contributed by atoms with Crippen LogP contribution in [0.1, 0.15) is 46.0 Å². The smallest absolute Gasteiger partial charge is 0.294 e. The lowest BCUT2D eigenvalue weighted by Gasteiger charge is -2.53. The first kappa shape index (κ1) is 18.3. The molecule has 0 aromatic carbocycles. The predicted octanol–water partition coefficient (Wildman–Crippen LogP) is 4.36. The second-order valence-corrected chi connectivity index (χ2v) is 8.73. The topological polar surface area (TPSA) is 69.4 Å². The van der Waals surface area contributed by atoms with Crippen molar-refractivity contribution in [2.75, 3.05) is 0 Å². The van der Waals surface area contributed by atoms with E-state index >= 15 is 0 Å². The number of halogens is 1. The van der Waals surface area contributed by atoms with E-state index in [1.165, 1.54) is 11.1 Å². The Bertz CT molecular complexity index is 878. The van der Waals surface area contributed by atoms with Crippen molar-refractivity contribution in [3.63, 3.8) is 0 Å². The number of rotatable bonds is 2. The summed E-state index contributed by atoms with van der Waals surface area (Å²) in [7, 11) is 0. The summed E-state index contributed by atoms with van der Waals surface area (Å²) >= 11 is 5.68. The van der Waals surface area contributed by atoms with Crippen LogP contribution in [0.5, 0.6) is 0 Å². The average molecular weight is 388 g/mol. The molecule has 0 radical (unpaired) electrons. The minimum atomic E-state index is -1.17. The van der Waals surface area contributed by atoms with Crippen molar-refractivity contribution >= 4 is 17.4 Å². The van der Waals surface area contributed by atoms with Crippen LogP contribution < -0.4 is 0 Å². The Hall–Kier alpha value is -2.06. The number of fused-ring (bicyclic) bond motifs is 5. The van der Waals surface area contributed by atoms with Gasteiger partial charge in [-0.1, -0.05) is 36.1 Å². The third-order valence-electron chi connectivity index (χ3n) is 7.55. The van der Waals surface area contributed by atoms with Gasteiger partial charge in [0.05, 0.1) is 0 Å². The zero-order chi connectivity index (χ0) is 19.4. The van der Waals surface area contributed by atoms with Gasteiger partial charge in [0.2, 0.25) is 0 Å². The standard InChI is InChI=1S/C21H22ClNO4/c1-19-8-5-15(24)13-14(19)3-4-16-17(19)6-9-20(2)18(16)7-10-21(20,11-12-22)27-23(25)26/h5-6,8,13,16,18H,3-4,7,9-10H2,1-2H3/t16-,18+,19+,20+,21-/m1/s1. The van der Waals surface area contributed by atoms with E-state index in [1.807, 2.05) is 6.08 Å². The summed E-state index contributed by atoms with van der Waals surface area (Å²) in [5, 5.41) is 12.8. The number of allylic oxidation sites excluding steroid dienone is 6. The summed E-state index contributed by atoms with van der Waals surface area (Å²) in [6.07, 6.45) is 11.5. The number of hydrogen-bond donors (Lipinski definition) is 0. The third kappa shape index (κ3) is 2.42. The van der Waals surface area contributed by atoms with Gasteiger partial charge >= 0.3 is 0 Å². The Kier molecular flexibility index (Phi) is 4.05. The zero-order valence-electron chi connectivity index (χ0n) is 15.5. The van der Waals surface area contributed by atoms with E-state index in [4.69, 9.17) is 16.4 Å². The van der Waals surface area contributed by atoms with E-state index in [2.05, 4.69) is 31.2 Å². The highest BCUT2D eigenvalue weighted by molar-refractivity contribution is 6.30. The summed E-state index contributed by atoms with van der Waals surface area (Å²) in [5.41, 5.74) is 0.641. The molecular weight excluding hydrogens is 366 g/mol. The molecule has 5 nitrogen and oxygen atoms in total. The fraction of sp³-hybridized carbons (Fsp3) is 0.571. The number of nitrogens with zero attached hydrogens (tertiary/aromatic N) is 1. The fourth-order valence-electron chi connectivity index (χ4n) is 6.10. The van der Waals surface area contributed by atoms with Gasteiger partial charge in [0.25, 0.3) is 5.09 Å². The SMILES string of the molecule is C[C@]12C=CC(=O)C=C1CC[C@@H]1C2=CC[C@@]2(C)[C@H]1CC[C@]2(C#CCl)O[N+](=O)[O-]. The number of carbonyl (C=O) groups is 1. The van der Waals surface area contributed by atoms with Crippen LogP contribution in [-0.2, 0) is 9.63 Å². The molecule has 2 fully saturated rings. The molecule has 0 aromatic rings. The monoisotopic (exact) mass is 387 g/mol. The molecule has 0 amide bonds. The van der Waals surface area contributed by atoms with Crippen molar-refractivity contribution < 1.29 is 14.7 Å². The van der Waals surface area contributed by atoms with Crippen LogP contribution in [0.2, 0.25) is 0 Å². The van der Waals surface area contributed by atoms with Gasteiger partial charge in [-0.2, -0.15) is 0 Å². The van der Waals surface area contributed by atoms with E-state index in [1.54, 1.807) is 12.2 Å². The molecule has 5 atom stereocenters. The molecule has 4 aliphatic carbocycles. The first-order valence-corrected chi connectivity index (χ1v) is 9.75. The maximum atomic E-state index is 11.8. The summed E-state index contributed by atoms with van der Waals surface area (Å²) < 4.78 is 0. The lowest BCUT2D eigenvalue weighted by Crippen LogP contribution is -2.52. The Morgan fingerprint density at radius 2 is 2.15 bits per heavy atom. The van der Waals surface area contributed by atoms with Crippen molar-refractivity contribution in [2.45, 2.75) is 51.6 Å². The molecule has 27 heavy (non-hydrogen) atoms. The van der Waals surface area contributed by atoms with Crippen LogP contribution in [0.3, 0.4) is 0 Å². The summed E-state index contributed by atoms with van der Waals surface area (Å²) in [6, 6.07) is 0. The van der Waals surface area contributed by atoms with E-state index < -0.39 is 16.1 Å². The van der Waals surface area contributed by atoms with Crippen LogP contribution in [0.4, 0.5) is 0 Å². The molecule has 0 aliphatic heterocycles. The maximum absolute atomic E-state index is 11.8. The van der Waals surface area contributed by atoms with E-state index in [0.717, 1.165) is 19.3 Å². The third-order valence-corrected chi connectivity index (χ3v) is 7.64. The van der Waals surface area contributed by atoms with Gasteiger partial charge in [-0.3, -0.25) is 9.63 Å². The Labute approximate surface area is 163 Å². The van der Waals surface area contributed by atoms with Crippen LogP contribution in [0.25, 0.3) is 0 Å². The number of hydrogen-bond acceptors (Lipinski definition) is 4. The second-order valence-electron chi connectivity index (χ2n) is 8.54. The molecule has 0 spiro atoms. The van der Waals surface area contributed by atoms with Gasteiger partial charge in [-0.05, 0) is 74.6 Å². The minimum absolute atomic E-state index is 0.0545. The van der Waals surface area contributed by atoms with E-state index in [0.29, 0.717) is 18.8 Å². The van der Waals surface area contributed by atoms with Crippen molar-refractivity contribution in [2.24, 2.45) is 22.7 Å². The van der Waals surface area contributed by atoms with Gasteiger partial charge in [0, 0.05) is 16.2 Å². The molecular formula is C21H22ClNO4. The second kappa shape index (κ2) is 5.97. The first-order chi connectivity index (χ1) is 12.8. The normalized spacial score (nSPS) is 42.0. The number of ketones is 1. The molecule has 0 N–H and O–H groups in total. The molecule has 2 saturated carbocycles. The minimum Gasteiger partial charge on any atom is -0.294 e. The molecule has 0 heterocycles. The average Bonchev–Trinajstić information content (AvgIpc) is 2.88. The molecule has 0 unspecified atom stereocenters. The molecule has 4 aliphatic rings. The molecule has 142 valence electrons. The van der Waals surface area contributed by atoms with Gasteiger partial charge in [0.1, 0.15) is 0 Å². The molecule has 0 saturated heterocycles. The molecule has 6 heteroatoms. The predicted molar refractivity (Wildman–Crippen MR) is 101 cm³/mol. The molecule has 0 bridgehead atoms. The van der Waals surface area contributed by atoms with Gasteiger partial charge in [-0.25, -0.2) is 0 Å². The highest BCUT2D eigenvalue weighted by Gasteiger charge is 2.63. The maximum Gasteiger partial charge on any atom is 0.296 e. The highest BCUT2D eigenvalue weighted by atomic mass is 35.5. The van der Waals surface area contributed by atoms with Crippen LogP contribution >= 0.6 is 11.6 Å². The van der Waals surface area contributed by atoms with Crippen molar-refractivity contribution in [3.05, 3.63) is 45.6 Å².